The highest BCUT2D eigenvalue weighted by Crippen LogP contribution is 2.43. The topological polar surface area (TPSA) is 65.2 Å². The van der Waals surface area contributed by atoms with Gasteiger partial charge in [0, 0.05) is 47.4 Å². The normalized spacial score (nSPS) is 13.6. The lowest BCUT2D eigenvalue weighted by atomic mass is 9.98. The van der Waals surface area contributed by atoms with Gasteiger partial charge in [-0.2, -0.15) is 5.10 Å². The molecule has 42 heavy (non-hydrogen) atoms. The third-order valence-electron chi connectivity index (χ3n) is 8.18. The van der Waals surface area contributed by atoms with Gasteiger partial charge in [-0.25, -0.2) is 0 Å². The lowest BCUT2D eigenvalue weighted by Crippen LogP contribution is -2.31. The summed E-state index contributed by atoms with van der Waals surface area (Å²) in [5, 5.41) is 8.01. The molecule has 0 spiro atoms. The third-order valence-corrected chi connectivity index (χ3v) is 9.89. The highest BCUT2D eigenvalue weighted by atomic mass is 35.5. The van der Waals surface area contributed by atoms with Gasteiger partial charge in [0.1, 0.15) is 16.4 Å². The van der Waals surface area contributed by atoms with E-state index >= 15 is 0 Å². The van der Waals surface area contributed by atoms with Crippen LogP contribution in [0.2, 0.25) is 10.0 Å². The molecule has 6 rings (SSSR count). The van der Waals surface area contributed by atoms with Crippen molar-refractivity contribution in [3.8, 4) is 16.9 Å². The molecule has 7 nitrogen and oxygen atoms in total. The molecule has 0 radical (unpaired) electrons. The van der Waals surface area contributed by atoms with E-state index in [1.165, 1.54) is 11.3 Å². The van der Waals surface area contributed by atoms with Crippen LogP contribution in [0.15, 0.2) is 36.0 Å². The standard InChI is InChI=1S/C32H33Cl2N5O2S/c1-18-14-22(15-19(2)29(18)34)41-13-6-8-23-24-9-10-25(33)28(27-20(3)36-37(5)21(27)4)30(24)39-12-7-11-38(32(40)31(23)39)26-16-35-17-42-26/h9-10,14-17H,6-8,11-13H2,1-5H3. The van der Waals surface area contributed by atoms with Gasteiger partial charge in [0.15, 0.2) is 0 Å². The fourth-order valence-electron chi connectivity index (χ4n) is 6.18. The summed E-state index contributed by atoms with van der Waals surface area (Å²) in [7, 11) is 1.95. The van der Waals surface area contributed by atoms with Gasteiger partial charge in [0.25, 0.3) is 5.91 Å². The first-order valence-corrected chi connectivity index (χ1v) is 15.7. The summed E-state index contributed by atoms with van der Waals surface area (Å²) in [4.78, 5) is 20.5. The molecular formula is C32H33Cl2N5O2S. The summed E-state index contributed by atoms with van der Waals surface area (Å²) >= 11 is 14.8. The average molecular weight is 623 g/mol. The number of carbonyl (C=O) groups is 1. The largest absolute Gasteiger partial charge is 0.494 e. The molecule has 3 aromatic heterocycles. The summed E-state index contributed by atoms with van der Waals surface area (Å²) < 4.78 is 10.2. The van der Waals surface area contributed by atoms with Crippen LogP contribution >= 0.6 is 34.5 Å². The molecule has 5 aromatic rings. The van der Waals surface area contributed by atoms with Crippen LogP contribution in [-0.2, 0) is 20.0 Å². The highest BCUT2D eigenvalue weighted by Gasteiger charge is 2.32. The first kappa shape index (κ1) is 28.8. The summed E-state index contributed by atoms with van der Waals surface area (Å²) in [5.41, 5.74) is 10.4. The van der Waals surface area contributed by atoms with Gasteiger partial charge in [-0.3, -0.25) is 19.4 Å². The van der Waals surface area contributed by atoms with Crippen molar-refractivity contribution >= 4 is 56.3 Å². The number of ether oxygens (including phenoxy) is 1. The zero-order valence-electron chi connectivity index (χ0n) is 24.4. The molecular weight excluding hydrogens is 589 g/mol. The van der Waals surface area contributed by atoms with Gasteiger partial charge in [-0.1, -0.05) is 29.3 Å². The number of benzene rings is 2. The van der Waals surface area contributed by atoms with Crippen molar-refractivity contribution in [2.75, 3.05) is 18.1 Å². The van der Waals surface area contributed by atoms with Crippen LogP contribution < -0.4 is 9.64 Å². The molecule has 2 aromatic carbocycles. The van der Waals surface area contributed by atoms with Gasteiger partial charge in [0.05, 0.1) is 34.5 Å². The monoisotopic (exact) mass is 621 g/mol. The molecule has 1 aliphatic heterocycles. The smallest absolute Gasteiger partial charge is 0.275 e. The van der Waals surface area contributed by atoms with Gasteiger partial charge >= 0.3 is 0 Å². The molecule has 10 heteroatoms. The number of aryl methyl sites for hydroxylation is 6. The molecule has 0 bridgehead atoms. The Balaban J connectivity index is 1.45. The van der Waals surface area contributed by atoms with E-state index < -0.39 is 0 Å². The molecule has 218 valence electrons. The van der Waals surface area contributed by atoms with Crippen molar-refractivity contribution in [1.29, 1.82) is 0 Å². The minimum atomic E-state index is -0.00507. The Morgan fingerprint density at radius 2 is 1.81 bits per heavy atom. The van der Waals surface area contributed by atoms with E-state index in [1.54, 1.807) is 11.7 Å². The summed E-state index contributed by atoms with van der Waals surface area (Å²) in [5.74, 6) is 0.800. The van der Waals surface area contributed by atoms with Crippen molar-refractivity contribution in [1.82, 2.24) is 19.3 Å². The highest BCUT2D eigenvalue weighted by molar-refractivity contribution is 7.14. The lowest BCUT2D eigenvalue weighted by molar-refractivity contribution is 0.0983. The second-order valence-corrected chi connectivity index (χ2v) is 12.6. The van der Waals surface area contributed by atoms with Gasteiger partial charge < -0.3 is 9.30 Å². The molecule has 0 N–H and O–H groups in total. The van der Waals surface area contributed by atoms with Crippen LogP contribution in [0, 0.1) is 27.7 Å². The summed E-state index contributed by atoms with van der Waals surface area (Å²) in [6.45, 7) is 9.89. The Hall–Kier alpha value is -3.33. The molecule has 0 atom stereocenters. The van der Waals surface area contributed by atoms with E-state index in [0.29, 0.717) is 31.1 Å². The zero-order valence-corrected chi connectivity index (χ0v) is 26.8. The number of rotatable bonds is 7. The third kappa shape index (κ3) is 4.89. The van der Waals surface area contributed by atoms with Crippen LogP contribution in [0.3, 0.4) is 0 Å². The summed E-state index contributed by atoms with van der Waals surface area (Å²) in [6, 6.07) is 7.96. The Morgan fingerprint density at radius 3 is 2.48 bits per heavy atom. The Morgan fingerprint density at radius 1 is 1.05 bits per heavy atom. The molecule has 0 saturated carbocycles. The molecule has 0 unspecified atom stereocenters. The second-order valence-electron chi connectivity index (χ2n) is 10.9. The van der Waals surface area contributed by atoms with E-state index in [4.69, 9.17) is 27.9 Å². The van der Waals surface area contributed by atoms with E-state index in [1.807, 2.05) is 55.6 Å². The molecule has 1 aliphatic rings. The second kappa shape index (κ2) is 11.4. The van der Waals surface area contributed by atoms with Gasteiger partial charge in [0.2, 0.25) is 0 Å². The Labute approximate surface area is 259 Å². The number of anilines is 1. The van der Waals surface area contributed by atoms with Crippen LogP contribution in [0.5, 0.6) is 5.75 Å². The fourth-order valence-corrected chi connectivity index (χ4v) is 7.19. The number of thiazole rings is 1. The average Bonchev–Trinajstić information content (AvgIpc) is 3.62. The first-order valence-electron chi connectivity index (χ1n) is 14.1. The minimum absolute atomic E-state index is 0.00507. The SMILES string of the molecule is Cc1cc(OCCCc2c3n(c4c(-c5c(C)nn(C)c5C)c(Cl)ccc24)CCCN(c2cncs2)C3=O)cc(C)c1Cl. The summed E-state index contributed by atoms with van der Waals surface area (Å²) in [6.07, 6.45) is 4.01. The quantitative estimate of drug-likeness (QED) is 0.172. The van der Waals surface area contributed by atoms with Gasteiger partial charge in [-0.15, -0.1) is 11.3 Å². The van der Waals surface area contributed by atoms with Crippen molar-refractivity contribution < 1.29 is 9.53 Å². The molecule has 0 aliphatic carbocycles. The van der Waals surface area contributed by atoms with E-state index in [-0.39, 0.29) is 5.91 Å². The first-order chi connectivity index (χ1) is 20.2. The number of fused-ring (bicyclic) bond motifs is 3. The van der Waals surface area contributed by atoms with Crippen LogP contribution in [0.1, 0.15) is 51.4 Å². The van der Waals surface area contributed by atoms with Crippen LogP contribution in [0.4, 0.5) is 5.00 Å². The van der Waals surface area contributed by atoms with Crippen LogP contribution in [0.25, 0.3) is 22.0 Å². The van der Waals surface area contributed by atoms with Crippen molar-refractivity contribution in [3.05, 3.63) is 79.8 Å². The van der Waals surface area contributed by atoms with Crippen molar-refractivity contribution in [3.63, 3.8) is 0 Å². The van der Waals surface area contributed by atoms with Crippen molar-refractivity contribution in [2.45, 2.75) is 53.5 Å². The number of halogens is 2. The number of hydrogen-bond acceptors (Lipinski definition) is 5. The van der Waals surface area contributed by atoms with Crippen molar-refractivity contribution in [2.24, 2.45) is 7.05 Å². The number of amides is 1. The van der Waals surface area contributed by atoms with E-state index in [0.717, 1.165) is 84.4 Å². The predicted octanol–water partition coefficient (Wildman–Crippen LogP) is 8.10. The predicted molar refractivity (Wildman–Crippen MR) is 172 cm³/mol. The maximum Gasteiger partial charge on any atom is 0.275 e. The number of hydrogen-bond donors (Lipinski definition) is 0. The lowest BCUT2D eigenvalue weighted by Gasteiger charge is -2.18. The Kier molecular flexibility index (Phi) is 7.81. The Bertz CT molecular complexity index is 1800. The van der Waals surface area contributed by atoms with E-state index in [9.17, 15) is 4.79 Å². The molecule has 0 fully saturated rings. The maximum atomic E-state index is 14.3. The minimum Gasteiger partial charge on any atom is -0.494 e. The maximum absolute atomic E-state index is 14.3. The number of aromatic nitrogens is 4. The van der Waals surface area contributed by atoms with E-state index in [2.05, 4.69) is 27.6 Å². The molecule has 0 saturated heterocycles. The number of nitrogens with zero attached hydrogens (tertiary/aromatic N) is 5. The molecule has 1 amide bonds. The zero-order chi connectivity index (χ0) is 29.7. The number of carbonyl (C=O) groups excluding carboxylic acids is 1. The fraction of sp³-hybridized carbons (Fsp3) is 0.344. The van der Waals surface area contributed by atoms with Gasteiger partial charge in [-0.05, 0) is 81.8 Å². The van der Waals surface area contributed by atoms with Crippen LogP contribution in [-0.4, -0.2) is 38.4 Å². The molecule has 4 heterocycles.